The number of fused-ring (bicyclic) bond motifs is 1. The smallest absolute Gasteiger partial charge is 0.222 e. The second kappa shape index (κ2) is 6.84. The second-order valence-corrected chi connectivity index (χ2v) is 7.06. The van der Waals surface area contributed by atoms with E-state index in [9.17, 15) is 4.79 Å². The summed E-state index contributed by atoms with van der Waals surface area (Å²) >= 11 is 1.98. The van der Waals surface area contributed by atoms with Crippen LogP contribution in [0.1, 0.15) is 44.2 Å². The van der Waals surface area contributed by atoms with Gasteiger partial charge in [0, 0.05) is 36.5 Å². The summed E-state index contributed by atoms with van der Waals surface area (Å²) in [6, 6.07) is 9.66. The lowest BCUT2D eigenvalue weighted by molar-refractivity contribution is -0.129. The van der Waals surface area contributed by atoms with Gasteiger partial charge >= 0.3 is 0 Å². The van der Waals surface area contributed by atoms with E-state index < -0.39 is 0 Å². The molecule has 2 aliphatic heterocycles. The molecule has 3 nitrogen and oxygen atoms in total. The van der Waals surface area contributed by atoms with Crippen molar-refractivity contribution in [3.05, 3.63) is 29.8 Å². The minimum atomic E-state index is 0.288. The van der Waals surface area contributed by atoms with E-state index in [-0.39, 0.29) is 5.91 Å². The summed E-state index contributed by atoms with van der Waals surface area (Å²) in [5, 5.41) is 3.82. The molecule has 114 valence electrons. The molecular formula is C17H24N2OS. The minimum Gasteiger partial charge on any atom is -0.341 e. The van der Waals surface area contributed by atoms with Crippen molar-refractivity contribution in [2.75, 3.05) is 18.8 Å². The number of carbonyl (C=O) groups is 1. The molecule has 4 heteroatoms. The maximum Gasteiger partial charge on any atom is 0.222 e. The van der Waals surface area contributed by atoms with Crippen LogP contribution in [0.5, 0.6) is 0 Å². The Kier molecular flexibility index (Phi) is 4.86. The van der Waals surface area contributed by atoms with Crippen LogP contribution in [-0.2, 0) is 4.79 Å². The lowest BCUT2D eigenvalue weighted by Gasteiger charge is -2.23. The molecule has 0 bridgehead atoms. The molecule has 1 fully saturated rings. The Morgan fingerprint density at radius 1 is 1.38 bits per heavy atom. The van der Waals surface area contributed by atoms with Gasteiger partial charge in [-0.15, -0.1) is 11.8 Å². The third-order valence-corrected chi connectivity index (χ3v) is 5.65. The topological polar surface area (TPSA) is 32.3 Å². The van der Waals surface area contributed by atoms with Crippen LogP contribution in [0.15, 0.2) is 29.2 Å². The third-order valence-electron chi connectivity index (χ3n) is 4.47. The third kappa shape index (κ3) is 3.43. The fraction of sp³-hybridized carbons (Fsp3) is 0.588. The molecule has 0 radical (unpaired) electrons. The molecule has 21 heavy (non-hydrogen) atoms. The molecule has 0 spiro atoms. The number of nitrogens with one attached hydrogen (secondary N) is 1. The summed E-state index contributed by atoms with van der Waals surface area (Å²) in [4.78, 5) is 15.2. The first-order valence-electron chi connectivity index (χ1n) is 8.03. The molecule has 0 unspecified atom stereocenters. The standard InChI is InChI=1S/C17H24N2OS/c1-2-17(20)19-10-9-13(12-19)18-15-7-5-11-21-16-8-4-3-6-14(15)16/h3-4,6,8,13,15,18H,2,5,7,9-12H2,1H3/t13-,15-/m0/s1. The van der Waals surface area contributed by atoms with E-state index in [0.717, 1.165) is 19.5 Å². The van der Waals surface area contributed by atoms with Crippen molar-refractivity contribution in [2.24, 2.45) is 0 Å². The summed E-state index contributed by atoms with van der Waals surface area (Å²) in [5.74, 6) is 1.50. The number of amides is 1. The van der Waals surface area contributed by atoms with Gasteiger partial charge in [-0.1, -0.05) is 25.1 Å². The molecular weight excluding hydrogens is 280 g/mol. The number of hydrogen-bond acceptors (Lipinski definition) is 3. The van der Waals surface area contributed by atoms with E-state index in [4.69, 9.17) is 0 Å². The monoisotopic (exact) mass is 304 g/mol. The molecule has 3 rings (SSSR count). The van der Waals surface area contributed by atoms with Crippen molar-refractivity contribution in [1.29, 1.82) is 0 Å². The maximum atomic E-state index is 11.8. The van der Waals surface area contributed by atoms with Crippen molar-refractivity contribution < 1.29 is 4.79 Å². The molecule has 0 aromatic heterocycles. The van der Waals surface area contributed by atoms with E-state index in [0.29, 0.717) is 18.5 Å². The highest BCUT2D eigenvalue weighted by molar-refractivity contribution is 7.99. The summed E-state index contributed by atoms with van der Waals surface area (Å²) in [6.07, 6.45) is 4.15. The maximum absolute atomic E-state index is 11.8. The molecule has 0 saturated carbocycles. The summed E-state index contributed by atoms with van der Waals surface area (Å²) < 4.78 is 0. The second-order valence-electron chi connectivity index (χ2n) is 5.93. The van der Waals surface area contributed by atoms with Crippen LogP contribution in [0.4, 0.5) is 0 Å². The first-order valence-corrected chi connectivity index (χ1v) is 9.02. The fourth-order valence-corrected chi connectivity index (χ4v) is 4.41. The lowest BCUT2D eigenvalue weighted by atomic mass is 10.0. The first kappa shape index (κ1) is 14.9. The van der Waals surface area contributed by atoms with Crippen LogP contribution in [0.3, 0.4) is 0 Å². The number of carbonyl (C=O) groups excluding carboxylic acids is 1. The van der Waals surface area contributed by atoms with Crippen molar-refractivity contribution in [1.82, 2.24) is 10.2 Å². The highest BCUT2D eigenvalue weighted by Gasteiger charge is 2.28. The molecule has 1 aromatic carbocycles. The van der Waals surface area contributed by atoms with Gasteiger partial charge in [-0.05, 0) is 36.6 Å². The summed E-state index contributed by atoms with van der Waals surface area (Å²) in [5.41, 5.74) is 1.44. The van der Waals surface area contributed by atoms with Crippen LogP contribution in [0.25, 0.3) is 0 Å². The van der Waals surface area contributed by atoms with E-state index in [2.05, 4.69) is 29.6 Å². The van der Waals surface area contributed by atoms with Crippen molar-refractivity contribution in [3.63, 3.8) is 0 Å². The Balaban J connectivity index is 1.67. The Bertz CT molecular complexity index is 505. The van der Waals surface area contributed by atoms with E-state index in [1.807, 2.05) is 23.6 Å². The Morgan fingerprint density at radius 3 is 3.10 bits per heavy atom. The average Bonchev–Trinajstić information content (AvgIpc) is 2.89. The normalized spacial score (nSPS) is 25.5. The molecule has 1 N–H and O–H groups in total. The van der Waals surface area contributed by atoms with E-state index in [1.54, 1.807) is 0 Å². The molecule has 2 heterocycles. The van der Waals surface area contributed by atoms with Gasteiger partial charge in [0.05, 0.1) is 0 Å². The number of benzene rings is 1. The molecule has 0 aliphatic carbocycles. The number of likely N-dealkylation sites (tertiary alicyclic amines) is 1. The van der Waals surface area contributed by atoms with Gasteiger partial charge < -0.3 is 10.2 Å². The first-order chi connectivity index (χ1) is 10.3. The van der Waals surface area contributed by atoms with Crippen LogP contribution in [0, 0.1) is 0 Å². The predicted octanol–water partition coefficient (Wildman–Crippen LogP) is 3.21. The van der Waals surface area contributed by atoms with Gasteiger partial charge in [0.2, 0.25) is 5.91 Å². The zero-order chi connectivity index (χ0) is 14.7. The molecule has 1 amide bonds. The zero-order valence-corrected chi connectivity index (χ0v) is 13.5. The number of rotatable bonds is 3. The molecule has 1 saturated heterocycles. The van der Waals surface area contributed by atoms with E-state index in [1.165, 1.54) is 29.1 Å². The van der Waals surface area contributed by atoms with Gasteiger partial charge in [-0.3, -0.25) is 4.79 Å². The molecule has 1 aromatic rings. The predicted molar refractivity (Wildman–Crippen MR) is 87.6 cm³/mol. The Labute approximate surface area is 131 Å². The van der Waals surface area contributed by atoms with Gasteiger partial charge in [-0.2, -0.15) is 0 Å². The number of thioether (sulfide) groups is 1. The quantitative estimate of drug-likeness (QED) is 0.930. The van der Waals surface area contributed by atoms with Gasteiger partial charge in [-0.25, -0.2) is 0 Å². The number of nitrogens with zero attached hydrogens (tertiary/aromatic N) is 1. The number of hydrogen-bond donors (Lipinski definition) is 1. The summed E-state index contributed by atoms with van der Waals surface area (Å²) in [7, 11) is 0. The highest BCUT2D eigenvalue weighted by atomic mass is 32.2. The van der Waals surface area contributed by atoms with Crippen molar-refractivity contribution in [2.45, 2.75) is 49.6 Å². The van der Waals surface area contributed by atoms with E-state index >= 15 is 0 Å². The Morgan fingerprint density at radius 2 is 2.24 bits per heavy atom. The van der Waals surface area contributed by atoms with Crippen molar-refractivity contribution >= 4 is 17.7 Å². The Hall–Kier alpha value is -1.00. The van der Waals surface area contributed by atoms with Crippen LogP contribution in [0.2, 0.25) is 0 Å². The zero-order valence-electron chi connectivity index (χ0n) is 12.7. The molecule has 2 atom stereocenters. The van der Waals surface area contributed by atoms with Crippen molar-refractivity contribution in [3.8, 4) is 0 Å². The lowest BCUT2D eigenvalue weighted by Crippen LogP contribution is -2.37. The average molecular weight is 304 g/mol. The van der Waals surface area contributed by atoms with Gasteiger partial charge in [0.1, 0.15) is 0 Å². The van der Waals surface area contributed by atoms with Gasteiger partial charge in [0.15, 0.2) is 0 Å². The largest absolute Gasteiger partial charge is 0.341 e. The highest BCUT2D eigenvalue weighted by Crippen LogP contribution is 2.35. The van der Waals surface area contributed by atoms with Gasteiger partial charge in [0.25, 0.3) is 0 Å². The minimum absolute atomic E-state index is 0.288. The van der Waals surface area contributed by atoms with Crippen LogP contribution >= 0.6 is 11.8 Å². The van der Waals surface area contributed by atoms with Crippen LogP contribution < -0.4 is 5.32 Å². The summed E-state index contributed by atoms with van der Waals surface area (Å²) in [6.45, 7) is 3.73. The molecule has 2 aliphatic rings. The SMILES string of the molecule is CCC(=O)N1CC[C@H](N[C@H]2CCCSc3ccccc32)C1. The fourth-order valence-electron chi connectivity index (χ4n) is 3.33. The van der Waals surface area contributed by atoms with Crippen LogP contribution in [-0.4, -0.2) is 35.7 Å².